The van der Waals surface area contributed by atoms with Gasteiger partial charge >= 0.3 is 0 Å². The normalized spacial score (nSPS) is 14.1. The van der Waals surface area contributed by atoms with Crippen LogP contribution in [-0.4, -0.2) is 16.3 Å². The number of anilines is 1. The van der Waals surface area contributed by atoms with Crippen LogP contribution in [0.3, 0.4) is 0 Å². The fourth-order valence-electron chi connectivity index (χ4n) is 2.75. The predicted molar refractivity (Wildman–Crippen MR) is 74.0 cm³/mol. The molecular weight excluding hydrogens is 222 g/mol. The Bertz CT molecular complexity index is 569. The molecule has 1 aromatic carbocycles. The molecule has 1 N–H and O–H groups in total. The van der Waals surface area contributed by atoms with Gasteiger partial charge in [0, 0.05) is 31.4 Å². The van der Waals surface area contributed by atoms with Crippen LogP contribution >= 0.6 is 0 Å². The van der Waals surface area contributed by atoms with E-state index < -0.39 is 0 Å². The SMILES string of the molecule is Cc1cc(Cc2cccc3c2NCCC3)n(C)n1. The van der Waals surface area contributed by atoms with E-state index in [-0.39, 0.29) is 0 Å². The van der Waals surface area contributed by atoms with Crippen LogP contribution in [0.2, 0.25) is 0 Å². The highest BCUT2D eigenvalue weighted by Gasteiger charge is 2.13. The van der Waals surface area contributed by atoms with Gasteiger partial charge in [-0.2, -0.15) is 5.10 Å². The molecule has 1 aliphatic heterocycles. The van der Waals surface area contributed by atoms with Crippen molar-refractivity contribution >= 4 is 5.69 Å². The summed E-state index contributed by atoms with van der Waals surface area (Å²) in [6.45, 7) is 3.14. The summed E-state index contributed by atoms with van der Waals surface area (Å²) in [6.07, 6.45) is 3.38. The molecule has 18 heavy (non-hydrogen) atoms. The summed E-state index contributed by atoms with van der Waals surface area (Å²) in [5, 5.41) is 7.96. The second-order valence-electron chi connectivity index (χ2n) is 5.06. The fourth-order valence-corrected chi connectivity index (χ4v) is 2.75. The lowest BCUT2D eigenvalue weighted by atomic mass is 9.97. The summed E-state index contributed by atoms with van der Waals surface area (Å²) in [5.41, 5.74) is 6.55. The molecule has 0 radical (unpaired) electrons. The van der Waals surface area contributed by atoms with Crippen LogP contribution in [0, 0.1) is 6.92 Å². The van der Waals surface area contributed by atoms with E-state index in [1.165, 1.54) is 35.3 Å². The quantitative estimate of drug-likeness (QED) is 0.876. The number of rotatable bonds is 2. The molecule has 3 nitrogen and oxygen atoms in total. The maximum atomic E-state index is 4.42. The Hall–Kier alpha value is -1.77. The van der Waals surface area contributed by atoms with E-state index in [1.54, 1.807) is 0 Å². The van der Waals surface area contributed by atoms with Gasteiger partial charge in [0.15, 0.2) is 0 Å². The lowest BCUT2D eigenvalue weighted by molar-refractivity contribution is 0.716. The van der Waals surface area contributed by atoms with Gasteiger partial charge in [-0.05, 0) is 37.0 Å². The third-order valence-electron chi connectivity index (χ3n) is 3.63. The van der Waals surface area contributed by atoms with Crippen molar-refractivity contribution in [1.82, 2.24) is 9.78 Å². The van der Waals surface area contributed by atoms with Gasteiger partial charge in [0.05, 0.1) is 5.69 Å². The summed E-state index contributed by atoms with van der Waals surface area (Å²) < 4.78 is 1.98. The minimum Gasteiger partial charge on any atom is -0.385 e. The van der Waals surface area contributed by atoms with Gasteiger partial charge in [0.2, 0.25) is 0 Å². The molecule has 2 aromatic rings. The highest BCUT2D eigenvalue weighted by Crippen LogP contribution is 2.27. The van der Waals surface area contributed by atoms with Crippen LogP contribution in [0.5, 0.6) is 0 Å². The van der Waals surface area contributed by atoms with E-state index in [0.29, 0.717) is 0 Å². The van der Waals surface area contributed by atoms with Gasteiger partial charge in [-0.15, -0.1) is 0 Å². The first-order valence-electron chi connectivity index (χ1n) is 6.58. The average Bonchev–Trinajstić information content (AvgIpc) is 2.68. The van der Waals surface area contributed by atoms with Crippen LogP contribution in [0.15, 0.2) is 24.3 Å². The van der Waals surface area contributed by atoms with E-state index in [4.69, 9.17) is 0 Å². The van der Waals surface area contributed by atoms with Gasteiger partial charge in [-0.1, -0.05) is 18.2 Å². The number of aryl methyl sites for hydroxylation is 3. The van der Waals surface area contributed by atoms with Gasteiger partial charge in [0.1, 0.15) is 0 Å². The third kappa shape index (κ3) is 2.01. The molecule has 3 heteroatoms. The van der Waals surface area contributed by atoms with Crippen molar-refractivity contribution in [2.24, 2.45) is 7.05 Å². The Labute approximate surface area is 108 Å². The lowest BCUT2D eigenvalue weighted by Gasteiger charge is -2.21. The van der Waals surface area contributed by atoms with E-state index in [0.717, 1.165) is 18.7 Å². The smallest absolute Gasteiger partial charge is 0.0596 e. The van der Waals surface area contributed by atoms with Crippen LogP contribution < -0.4 is 5.32 Å². The van der Waals surface area contributed by atoms with Crippen LogP contribution in [0.4, 0.5) is 5.69 Å². The third-order valence-corrected chi connectivity index (χ3v) is 3.63. The van der Waals surface area contributed by atoms with Crippen molar-refractivity contribution in [3.63, 3.8) is 0 Å². The van der Waals surface area contributed by atoms with E-state index in [2.05, 4.69) is 34.7 Å². The molecule has 0 aliphatic carbocycles. The Balaban J connectivity index is 1.95. The number of hydrogen-bond acceptors (Lipinski definition) is 2. The van der Waals surface area contributed by atoms with Crippen molar-refractivity contribution in [3.05, 3.63) is 46.8 Å². The molecule has 0 atom stereocenters. The number of nitrogens with one attached hydrogen (secondary N) is 1. The van der Waals surface area contributed by atoms with Crippen molar-refractivity contribution in [3.8, 4) is 0 Å². The van der Waals surface area contributed by atoms with Gasteiger partial charge in [0.25, 0.3) is 0 Å². The molecule has 1 aliphatic rings. The number of hydrogen-bond donors (Lipinski definition) is 1. The number of nitrogens with zero attached hydrogens (tertiary/aromatic N) is 2. The van der Waals surface area contributed by atoms with Crippen molar-refractivity contribution in [2.45, 2.75) is 26.2 Å². The summed E-state index contributed by atoms with van der Waals surface area (Å²) in [5.74, 6) is 0. The highest BCUT2D eigenvalue weighted by atomic mass is 15.3. The van der Waals surface area contributed by atoms with Gasteiger partial charge in [-0.25, -0.2) is 0 Å². The molecule has 0 bridgehead atoms. The molecule has 94 valence electrons. The number of para-hydroxylation sites is 1. The Morgan fingerprint density at radius 2 is 2.28 bits per heavy atom. The topological polar surface area (TPSA) is 29.9 Å². The average molecular weight is 241 g/mol. The molecule has 0 spiro atoms. The van der Waals surface area contributed by atoms with Crippen LogP contribution in [0.1, 0.15) is 28.9 Å². The molecule has 3 rings (SSSR count). The molecule has 0 fully saturated rings. The molecule has 1 aromatic heterocycles. The number of fused-ring (bicyclic) bond motifs is 1. The molecule has 2 heterocycles. The zero-order valence-electron chi connectivity index (χ0n) is 11.0. The first-order chi connectivity index (χ1) is 8.74. The van der Waals surface area contributed by atoms with E-state index in [1.807, 2.05) is 18.7 Å². The molecule has 0 saturated carbocycles. The summed E-state index contributed by atoms with van der Waals surface area (Å²) in [6, 6.07) is 8.80. The van der Waals surface area contributed by atoms with Crippen molar-refractivity contribution < 1.29 is 0 Å². The van der Waals surface area contributed by atoms with Crippen LogP contribution in [0.25, 0.3) is 0 Å². The zero-order valence-corrected chi connectivity index (χ0v) is 11.0. The first-order valence-corrected chi connectivity index (χ1v) is 6.58. The Morgan fingerprint density at radius 1 is 1.39 bits per heavy atom. The first kappa shape index (κ1) is 11.3. The van der Waals surface area contributed by atoms with Crippen LogP contribution in [-0.2, 0) is 19.9 Å². The monoisotopic (exact) mass is 241 g/mol. The van der Waals surface area contributed by atoms with Gasteiger partial charge < -0.3 is 5.32 Å². The largest absolute Gasteiger partial charge is 0.385 e. The number of aromatic nitrogens is 2. The van der Waals surface area contributed by atoms with E-state index >= 15 is 0 Å². The predicted octanol–water partition coefficient (Wildman–Crippen LogP) is 2.68. The van der Waals surface area contributed by atoms with Gasteiger partial charge in [-0.3, -0.25) is 4.68 Å². The Morgan fingerprint density at radius 3 is 3.06 bits per heavy atom. The Kier molecular flexibility index (Phi) is 2.82. The maximum Gasteiger partial charge on any atom is 0.0596 e. The molecule has 0 unspecified atom stereocenters. The maximum absolute atomic E-state index is 4.42. The second-order valence-corrected chi connectivity index (χ2v) is 5.06. The minimum absolute atomic E-state index is 0.952. The van der Waals surface area contributed by atoms with Crippen molar-refractivity contribution in [1.29, 1.82) is 0 Å². The van der Waals surface area contributed by atoms with E-state index in [9.17, 15) is 0 Å². The standard InChI is InChI=1S/C15H19N3/c1-11-9-14(18(2)17-11)10-13-6-3-5-12-7-4-8-16-15(12)13/h3,5-6,9,16H,4,7-8,10H2,1-2H3. The molecular formula is C15H19N3. The minimum atomic E-state index is 0.952. The second kappa shape index (κ2) is 4.48. The lowest BCUT2D eigenvalue weighted by Crippen LogP contribution is -2.14. The highest BCUT2D eigenvalue weighted by molar-refractivity contribution is 5.60. The zero-order chi connectivity index (χ0) is 12.5. The molecule has 0 saturated heterocycles. The number of benzene rings is 1. The summed E-state index contributed by atoms with van der Waals surface area (Å²) in [4.78, 5) is 0. The molecule has 0 amide bonds. The fraction of sp³-hybridized carbons (Fsp3) is 0.400. The summed E-state index contributed by atoms with van der Waals surface area (Å²) >= 11 is 0. The summed E-state index contributed by atoms with van der Waals surface area (Å²) in [7, 11) is 2.02. The van der Waals surface area contributed by atoms with Crippen molar-refractivity contribution in [2.75, 3.05) is 11.9 Å².